The highest BCUT2D eigenvalue weighted by Gasteiger charge is 2.27. The molecule has 1 aromatic rings. The van der Waals surface area contributed by atoms with Crippen molar-refractivity contribution in [3.63, 3.8) is 0 Å². The number of amides is 2. The Labute approximate surface area is 166 Å². The number of piperidine rings is 1. The minimum atomic E-state index is -0.161. The van der Waals surface area contributed by atoms with Crippen molar-refractivity contribution in [2.45, 2.75) is 39.5 Å². The molecule has 7 heteroatoms. The average Bonchev–Trinajstić information content (AvgIpc) is 2.72. The third-order valence-corrected chi connectivity index (χ3v) is 4.87. The van der Waals surface area contributed by atoms with Gasteiger partial charge >= 0.3 is 5.97 Å². The molecule has 0 atom stereocenters. The van der Waals surface area contributed by atoms with Crippen LogP contribution < -0.4 is 10.6 Å². The number of anilines is 1. The molecule has 0 saturated carbocycles. The molecule has 2 rings (SSSR count). The monoisotopic (exact) mass is 389 g/mol. The number of rotatable bonds is 9. The molecule has 1 aliphatic heterocycles. The van der Waals surface area contributed by atoms with Crippen molar-refractivity contribution in [2.75, 3.05) is 38.1 Å². The fraction of sp³-hybridized carbons (Fsp3) is 0.571. The molecule has 1 heterocycles. The molecular weight excluding hydrogens is 358 g/mol. The molecule has 1 saturated heterocycles. The molecule has 0 aliphatic carbocycles. The van der Waals surface area contributed by atoms with Crippen molar-refractivity contribution in [3.05, 3.63) is 29.8 Å². The van der Waals surface area contributed by atoms with E-state index < -0.39 is 0 Å². The summed E-state index contributed by atoms with van der Waals surface area (Å²) in [5.41, 5.74) is 1.40. The van der Waals surface area contributed by atoms with E-state index >= 15 is 0 Å². The van der Waals surface area contributed by atoms with Gasteiger partial charge in [-0.2, -0.15) is 0 Å². The van der Waals surface area contributed by atoms with Crippen molar-refractivity contribution >= 4 is 23.5 Å². The van der Waals surface area contributed by atoms with Crippen LogP contribution in [0.1, 0.15) is 49.9 Å². The van der Waals surface area contributed by atoms with E-state index in [1.807, 2.05) is 0 Å². The Kier molecular flexibility index (Phi) is 8.78. The molecule has 0 bridgehead atoms. The number of carbonyl (C=O) groups is 3. The van der Waals surface area contributed by atoms with Gasteiger partial charge in [-0.15, -0.1) is 0 Å². The highest BCUT2D eigenvalue weighted by molar-refractivity contribution is 5.94. The number of nitrogens with one attached hydrogen (secondary N) is 2. The molecule has 1 fully saturated rings. The minimum absolute atomic E-state index is 0.00342. The standard InChI is InChI=1S/C21H31N3O4/c1-3-5-12-22-20(26)16-6-8-18(9-7-16)23-15-19(25)24-13-10-17(11-14-24)21(27)28-4-2/h6-9,17,23H,3-5,10-15H2,1-2H3,(H,22,26). The Morgan fingerprint density at radius 1 is 1.11 bits per heavy atom. The van der Waals surface area contributed by atoms with E-state index in [1.165, 1.54) is 0 Å². The maximum atomic E-state index is 12.4. The maximum absolute atomic E-state index is 12.4. The summed E-state index contributed by atoms with van der Waals surface area (Å²) in [4.78, 5) is 37.9. The van der Waals surface area contributed by atoms with Gasteiger partial charge in [0.25, 0.3) is 5.91 Å². The Hall–Kier alpha value is -2.57. The summed E-state index contributed by atoms with van der Waals surface area (Å²) in [7, 11) is 0. The topological polar surface area (TPSA) is 87.7 Å². The number of hydrogen-bond acceptors (Lipinski definition) is 5. The quantitative estimate of drug-likeness (QED) is 0.500. The first-order chi connectivity index (χ1) is 13.5. The lowest BCUT2D eigenvalue weighted by atomic mass is 9.97. The fourth-order valence-corrected chi connectivity index (χ4v) is 3.13. The number of benzene rings is 1. The van der Waals surface area contributed by atoms with Gasteiger partial charge in [0.15, 0.2) is 0 Å². The van der Waals surface area contributed by atoms with Crippen LogP contribution in [-0.4, -0.2) is 55.5 Å². The number of unbranched alkanes of at least 4 members (excludes halogenated alkanes) is 1. The van der Waals surface area contributed by atoms with Crippen LogP contribution in [0.2, 0.25) is 0 Å². The van der Waals surface area contributed by atoms with Crippen LogP contribution in [0.3, 0.4) is 0 Å². The maximum Gasteiger partial charge on any atom is 0.309 e. The molecule has 1 aliphatic rings. The Morgan fingerprint density at radius 3 is 2.39 bits per heavy atom. The number of carbonyl (C=O) groups excluding carboxylic acids is 3. The normalized spacial score (nSPS) is 14.4. The van der Waals surface area contributed by atoms with Crippen molar-refractivity contribution in [2.24, 2.45) is 5.92 Å². The molecule has 7 nitrogen and oxygen atoms in total. The molecule has 154 valence electrons. The Morgan fingerprint density at radius 2 is 1.79 bits per heavy atom. The van der Waals surface area contributed by atoms with Gasteiger partial charge in [0.2, 0.25) is 5.91 Å². The minimum Gasteiger partial charge on any atom is -0.466 e. The number of nitrogens with zero attached hydrogens (tertiary/aromatic N) is 1. The molecular formula is C21H31N3O4. The van der Waals surface area contributed by atoms with Crippen LogP contribution in [0.5, 0.6) is 0 Å². The fourth-order valence-electron chi connectivity index (χ4n) is 3.13. The van der Waals surface area contributed by atoms with Crippen LogP contribution in [0, 0.1) is 5.92 Å². The molecule has 0 radical (unpaired) electrons. The van der Waals surface area contributed by atoms with E-state index in [1.54, 1.807) is 36.1 Å². The van der Waals surface area contributed by atoms with Gasteiger partial charge in [-0.05, 0) is 50.5 Å². The van der Waals surface area contributed by atoms with Crippen molar-refractivity contribution < 1.29 is 19.1 Å². The average molecular weight is 389 g/mol. The largest absolute Gasteiger partial charge is 0.466 e. The number of esters is 1. The summed E-state index contributed by atoms with van der Waals surface area (Å²) >= 11 is 0. The molecule has 2 N–H and O–H groups in total. The molecule has 28 heavy (non-hydrogen) atoms. The lowest BCUT2D eigenvalue weighted by Crippen LogP contribution is -2.43. The van der Waals surface area contributed by atoms with Crippen LogP contribution in [-0.2, 0) is 14.3 Å². The molecule has 1 aromatic carbocycles. The Bertz CT molecular complexity index is 652. The van der Waals surface area contributed by atoms with Gasteiger partial charge in [0.05, 0.1) is 19.1 Å². The molecule has 2 amide bonds. The molecule has 0 unspecified atom stereocenters. The first-order valence-corrected chi connectivity index (χ1v) is 10.1. The zero-order valence-electron chi connectivity index (χ0n) is 16.8. The van der Waals surface area contributed by atoms with Crippen molar-refractivity contribution in [1.82, 2.24) is 10.2 Å². The highest BCUT2D eigenvalue weighted by atomic mass is 16.5. The first kappa shape index (κ1) is 21.7. The molecule has 0 spiro atoms. The zero-order chi connectivity index (χ0) is 20.4. The van der Waals surface area contributed by atoms with Crippen molar-refractivity contribution in [1.29, 1.82) is 0 Å². The predicted molar refractivity (Wildman–Crippen MR) is 108 cm³/mol. The van der Waals surface area contributed by atoms with E-state index in [0.717, 1.165) is 18.5 Å². The second-order valence-corrected chi connectivity index (χ2v) is 6.95. The van der Waals surface area contributed by atoms with Gasteiger partial charge in [0.1, 0.15) is 0 Å². The van der Waals surface area contributed by atoms with Crippen LogP contribution in [0.25, 0.3) is 0 Å². The third-order valence-electron chi connectivity index (χ3n) is 4.87. The second-order valence-electron chi connectivity index (χ2n) is 6.95. The van der Waals surface area contributed by atoms with Gasteiger partial charge < -0.3 is 20.3 Å². The Balaban J connectivity index is 1.74. The lowest BCUT2D eigenvalue weighted by molar-refractivity contribution is -0.151. The van der Waals surface area contributed by atoms with E-state index in [-0.39, 0.29) is 30.2 Å². The summed E-state index contributed by atoms with van der Waals surface area (Å²) < 4.78 is 5.05. The summed E-state index contributed by atoms with van der Waals surface area (Å²) in [6.45, 7) is 6.27. The summed E-state index contributed by atoms with van der Waals surface area (Å²) in [5.74, 6) is -0.344. The van der Waals surface area contributed by atoms with Gasteiger partial charge in [-0.1, -0.05) is 13.3 Å². The number of hydrogen-bond donors (Lipinski definition) is 2. The van der Waals surface area contributed by atoms with E-state index in [9.17, 15) is 14.4 Å². The van der Waals surface area contributed by atoms with Crippen LogP contribution in [0.15, 0.2) is 24.3 Å². The van der Waals surface area contributed by atoms with Crippen LogP contribution >= 0.6 is 0 Å². The van der Waals surface area contributed by atoms with Crippen molar-refractivity contribution in [3.8, 4) is 0 Å². The van der Waals surface area contributed by atoms with E-state index in [4.69, 9.17) is 4.74 Å². The first-order valence-electron chi connectivity index (χ1n) is 10.1. The third kappa shape index (κ3) is 6.55. The SMILES string of the molecule is CCCCNC(=O)c1ccc(NCC(=O)N2CCC(C(=O)OCC)CC2)cc1. The van der Waals surface area contributed by atoms with Gasteiger partial charge in [-0.25, -0.2) is 0 Å². The van der Waals surface area contributed by atoms with Crippen LogP contribution in [0.4, 0.5) is 5.69 Å². The van der Waals surface area contributed by atoms with E-state index in [0.29, 0.717) is 44.6 Å². The lowest BCUT2D eigenvalue weighted by Gasteiger charge is -2.31. The van der Waals surface area contributed by atoms with Gasteiger partial charge in [0, 0.05) is 30.9 Å². The zero-order valence-corrected chi connectivity index (χ0v) is 16.8. The molecule has 0 aromatic heterocycles. The predicted octanol–water partition coefficient (Wildman–Crippen LogP) is 2.43. The smallest absolute Gasteiger partial charge is 0.309 e. The van der Waals surface area contributed by atoms with Gasteiger partial charge in [-0.3, -0.25) is 14.4 Å². The number of likely N-dealkylation sites (tertiary alicyclic amines) is 1. The number of ether oxygens (including phenoxy) is 1. The van der Waals surface area contributed by atoms with E-state index in [2.05, 4.69) is 17.6 Å². The summed E-state index contributed by atoms with van der Waals surface area (Å²) in [6.07, 6.45) is 3.29. The summed E-state index contributed by atoms with van der Waals surface area (Å²) in [6, 6.07) is 7.10. The summed E-state index contributed by atoms with van der Waals surface area (Å²) in [5, 5.41) is 5.98. The highest BCUT2D eigenvalue weighted by Crippen LogP contribution is 2.19. The second kappa shape index (κ2) is 11.3.